The van der Waals surface area contributed by atoms with Crippen LogP contribution in [-0.4, -0.2) is 12.1 Å². The Morgan fingerprint density at radius 2 is 2.15 bits per heavy atom. The number of hydrogen-bond acceptors (Lipinski definition) is 1. The SMILES string of the molecule is COc1ccc2[nH]c(Cl)c(C)c2c1. The van der Waals surface area contributed by atoms with E-state index in [0.29, 0.717) is 5.15 Å². The second-order valence-corrected chi connectivity index (χ2v) is 3.35. The lowest BCUT2D eigenvalue weighted by Gasteiger charge is -1.98. The molecule has 0 radical (unpaired) electrons. The molecule has 0 bridgehead atoms. The number of H-pyrrole nitrogens is 1. The molecule has 3 heteroatoms. The highest BCUT2D eigenvalue weighted by Gasteiger charge is 2.05. The Kier molecular flexibility index (Phi) is 1.93. The van der Waals surface area contributed by atoms with Gasteiger partial charge in [0.05, 0.1) is 7.11 Å². The van der Waals surface area contributed by atoms with Gasteiger partial charge in [-0.1, -0.05) is 11.6 Å². The van der Waals surface area contributed by atoms with Crippen LogP contribution in [0.4, 0.5) is 0 Å². The maximum Gasteiger partial charge on any atom is 0.119 e. The number of benzene rings is 1. The van der Waals surface area contributed by atoms with Crippen LogP contribution >= 0.6 is 11.6 Å². The van der Waals surface area contributed by atoms with E-state index in [4.69, 9.17) is 16.3 Å². The van der Waals surface area contributed by atoms with Gasteiger partial charge in [-0.15, -0.1) is 0 Å². The second-order valence-electron chi connectivity index (χ2n) is 2.98. The minimum absolute atomic E-state index is 0.697. The van der Waals surface area contributed by atoms with Crippen LogP contribution in [0.3, 0.4) is 0 Å². The summed E-state index contributed by atoms with van der Waals surface area (Å²) < 4.78 is 5.13. The van der Waals surface area contributed by atoms with Gasteiger partial charge in [0.1, 0.15) is 10.9 Å². The molecule has 0 aliphatic rings. The Bertz CT molecular complexity index is 447. The van der Waals surface area contributed by atoms with E-state index >= 15 is 0 Å². The third-order valence-electron chi connectivity index (χ3n) is 2.20. The lowest BCUT2D eigenvalue weighted by molar-refractivity contribution is 0.415. The summed E-state index contributed by atoms with van der Waals surface area (Å²) in [5.74, 6) is 0.853. The largest absolute Gasteiger partial charge is 0.497 e. The van der Waals surface area contributed by atoms with Gasteiger partial charge < -0.3 is 9.72 Å². The average molecular weight is 196 g/mol. The van der Waals surface area contributed by atoms with Gasteiger partial charge in [0.2, 0.25) is 0 Å². The van der Waals surface area contributed by atoms with Gasteiger partial charge in [-0.25, -0.2) is 0 Å². The van der Waals surface area contributed by atoms with Crippen molar-refractivity contribution in [3.8, 4) is 5.75 Å². The van der Waals surface area contributed by atoms with E-state index in [9.17, 15) is 0 Å². The molecule has 2 aromatic rings. The highest BCUT2D eigenvalue weighted by atomic mass is 35.5. The molecule has 0 aliphatic carbocycles. The number of rotatable bonds is 1. The van der Waals surface area contributed by atoms with Crippen LogP contribution in [0.2, 0.25) is 5.15 Å². The number of methoxy groups -OCH3 is 1. The highest BCUT2D eigenvalue weighted by Crippen LogP contribution is 2.28. The molecule has 0 saturated carbocycles. The molecule has 2 rings (SSSR count). The van der Waals surface area contributed by atoms with Crippen LogP contribution in [0.5, 0.6) is 5.75 Å². The molecule has 1 aromatic heterocycles. The van der Waals surface area contributed by atoms with Gasteiger partial charge in [0.15, 0.2) is 0 Å². The topological polar surface area (TPSA) is 25.0 Å². The molecule has 1 heterocycles. The van der Waals surface area contributed by atoms with E-state index in [1.807, 2.05) is 25.1 Å². The molecular weight excluding hydrogens is 186 g/mol. The number of halogens is 1. The Morgan fingerprint density at radius 1 is 1.38 bits per heavy atom. The van der Waals surface area contributed by atoms with Gasteiger partial charge in [-0.05, 0) is 30.7 Å². The summed E-state index contributed by atoms with van der Waals surface area (Å²) in [4.78, 5) is 3.09. The molecule has 0 atom stereocenters. The molecule has 0 saturated heterocycles. The molecule has 68 valence electrons. The summed E-state index contributed by atoms with van der Waals surface area (Å²) >= 11 is 5.95. The lowest BCUT2D eigenvalue weighted by Crippen LogP contribution is -1.81. The summed E-state index contributed by atoms with van der Waals surface area (Å²) in [6, 6.07) is 5.86. The number of fused-ring (bicyclic) bond motifs is 1. The minimum atomic E-state index is 0.697. The molecule has 2 nitrogen and oxygen atoms in total. The van der Waals surface area contributed by atoms with E-state index < -0.39 is 0 Å². The lowest BCUT2D eigenvalue weighted by atomic mass is 10.2. The number of aromatic amines is 1. The Balaban J connectivity index is 2.75. The first-order chi connectivity index (χ1) is 6.22. The fourth-order valence-electron chi connectivity index (χ4n) is 1.40. The Morgan fingerprint density at radius 3 is 2.85 bits per heavy atom. The summed E-state index contributed by atoms with van der Waals surface area (Å²) in [6.07, 6.45) is 0. The zero-order valence-corrected chi connectivity index (χ0v) is 8.27. The van der Waals surface area contributed by atoms with Gasteiger partial charge in [0.25, 0.3) is 0 Å². The first kappa shape index (κ1) is 8.45. The molecule has 0 aliphatic heterocycles. The third kappa shape index (κ3) is 1.27. The predicted octanol–water partition coefficient (Wildman–Crippen LogP) is 3.14. The van der Waals surface area contributed by atoms with Crippen molar-refractivity contribution in [2.24, 2.45) is 0 Å². The maximum atomic E-state index is 5.95. The van der Waals surface area contributed by atoms with Crippen LogP contribution in [0.1, 0.15) is 5.56 Å². The first-order valence-electron chi connectivity index (χ1n) is 4.04. The van der Waals surface area contributed by atoms with Crippen molar-refractivity contribution in [2.45, 2.75) is 6.92 Å². The first-order valence-corrected chi connectivity index (χ1v) is 4.42. The van der Waals surface area contributed by atoms with Crippen LogP contribution < -0.4 is 4.74 Å². The van der Waals surface area contributed by atoms with Crippen LogP contribution in [-0.2, 0) is 0 Å². The van der Waals surface area contributed by atoms with Gasteiger partial charge in [0, 0.05) is 10.9 Å². The predicted molar refractivity (Wildman–Crippen MR) is 54.6 cm³/mol. The Hall–Kier alpha value is -1.15. The fourth-order valence-corrected chi connectivity index (χ4v) is 1.60. The smallest absolute Gasteiger partial charge is 0.119 e. The van der Waals surface area contributed by atoms with Gasteiger partial charge >= 0.3 is 0 Å². The third-order valence-corrected chi connectivity index (χ3v) is 2.58. The summed E-state index contributed by atoms with van der Waals surface area (Å²) in [5.41, 5.74) is 2.11. The van der Waals surface area contributed by atoms with Crippen molar-refractivity contribution in [1.82, 2.24) is 4.98 Å². The monoisotopic (exact) mass is 195 g/mol. The van der Waals surface area contributed by atoms with E-state index in [-0.39, 0.29) is 0 Å². The molecule has 1 aromatic carbocycles. The highest BCUT2D eigenvalue weighted by molar-refractivity contribution is 6.31. The second kappa shape index (κ2) is 2.96. The van der Waals surface area contributed by atoms with Crippen molar-refractivity contribution in [1.29, 1.82) is 0 Å². The van der Waals surface area contributed by atoms with Gasteiger partial charge in [-0.2, -0.15) is 0 Å². The van der Waals surface area contributed by atoms with Crippen molar-refractivity contribution < 1.29 is 4.74 Å². The van der Waals surface area contributed by atoms with Crippen LogP contribution in [0.15, 0.2) is 18.2 Å². The number of hydrogen-bond donors (Lipinski definition) is 1. The van der Waals surface area contributed by atoms with E-state index in [1.54, 1.807) is 7.11 Å². The van der Waals surface area contributed by atoms with Crippen LogP contribution in [0, 0.1) is 6.92 Å². The summed E-state index contributed by atoms with van der Waals surface area (Å²) in [6.45, 7) is 1.99. The van der Waals surface area contributed by atoms with Crippen molar-refractivity contribution >= 4 is 22.5 Å². The molecule has 0 spiro atoms. The molecule has 0 fully saturated rings. The Labute approximate surface area is 81.5 Å². The number of nitrogens with one attached hydrogen (secondary N) is 1. The molecule has 0 unspecified atom stereocenters. The van der Waals surface area contributed by atoms with E-state index in [2.05, 4.69) is 4.98 Å². The molecule has 0 amide bonds. The average Bonchev–Trinajstić information content (AvgIpc) is 2.43. The normalized spacial score (nSPS) is 10.7. The van der Waals surface area contributed by atoms with Crippen molar-refractivity contribution in [3.05, 3.63) is 28.9 Å². The van der Waals surface area contributed by atoms with E-state index in [0.717, 1.165) is 22.2 Å². The zero-order chi connectivity index (χ0) is 9.42. The number of aromatic nitrogens is 1. The molecule has 13 heavy (non-hydrogen) atoms. The minimum Gasteiger partial charge on any atom is -0.497 e. The maximum absolute atomic E-state index is 5.95. The quantitative estimate of drug-likeness (QED) is 0.743. The van der Waals surface area contributed by atoms with Crippen molar-refractivity contribution in [2.75, 3.05) is 7.11 Å². The molecular formula is C10H10ClNO. The summed E-state index contributed by atoms with van der Waals surface area (Å²) in [5, 5.41) is 1.81. The van der Waals surface area contributed by atoms with E-state index in [1.165, 1.54) is 0 Å². The standard InChI is InChI=1S/C10H10ClNO/c1-6-8-5-7(13-2)3-4-9(8)12-10(6)11/h3-5,12H,1-2H3. The summed E-state index contributed by atoms with van der Waals surface area (Å²) in [7, 11) is 1.66. The number of ether oxygens (including phenoxy) is 1. The van der Waals surface area contributed by atoms with Crippen LogP contribution in [0.25, 0.3) is 10.9 Å². The van der Waals surface area contributed by atoms with Gasteiger partial charge in [-0.3, -0.25) is 0 Å². The fraction of sp³-hybridized carbons (Fsp3) is 0.200. The zero-order valence-electron chi connectivity index (χ0n) is 7.52. The van der Waals surface area contributed by atoms with Crippen molar-refractivity contribution in [3.63, 3.8) is 0 Å². The molecule has 1 N–H and O–H groups in total. The number of aryl methyl sites for hydroxylation is 1.